The number of hydrogen-bond acceptors (Lipinski definition) is 6. The van der Waals surface area contributed by atoms with Gasteiger partial charge < -0.3 is 0 Å². The predicted octanol–water partition coefficient (Wildman–Crippen LogP) is 5.97. The van der Waals surface area contributed by atoms with Crippen LogP contribution in [0.15, 0.2) is 23.3 Å². The highest BCUT2D eigenvalue weighted by Crippen LogP contribution is 2.77. The molecule has 4 aliphatic carbocycles. The molecular weight excluding hydrogens is 384 g/mol. The minimum atomic E-state index is -0.618. The van der Waals surface area contributed by atoms with E-state index in [0.29, 0.717) is 10.8 Å². The number of rotatable bonds is 4. The number of hydrazone groups is 1. The summed E-state index contributed by atoms with van der Waals surface area (Å²) in [4.78, 5) is 21.2. The van der Waals surface area contributed by atoms with Crippen molar-refractivity contribution >= 4 is 22.8 Å². The third-order valence-electron chi connectivity index (χ3n) is 9.00. The Morgan fingerprint density at radius 3 is 2.20 bits per heavy atom. The van der Waals surface area contributed by atoms with Crippen LogP contribution in [0.2, 0.25) is 0 Å². The Labute approximate surface area is 175 Å². The quantitative estimate of drug-likeness (QED) is 0.484. The molecule has 4 fully saturated rings. The topological polar surface area (TPSA) is 111 Å². The molecule has 0 unspecified atom stereocenters. The van der Waals surface area contributed by atoms with Gasteiger partial charge in [0, 0.05) is 17.2 Å². The Balaban J connectivity index is 1.46. The Hall–Kier alpha value is -2.51. The second-order valence-corrected chi connectivity index (χ2v) is 9.74. The number of nitrogens with one attached hydrogen (secondary N) is 1. The van der Waals surface area contributed by atoms with Gasteiger partial charge in [-0.05, 0) is 68.3 Å². The number of anilines is 1. The number of benzene rings is 1. The second kappa shape index (κ2) is 6.75. The van der Waals surface area contributed by atoms with Crippen molar-refractivity contribution in [3.63, 3.8) is 0 Å². The van der Waals surface area contributed by atoms with Crippen molar-refractivity contribution in [2.45, 2.75) is 77.0 Å². The minimum absolute atomic E-state index is 0.149. The van der Waals surface area contributed by atoms with E-state index >= 15 is 0 Å². The van der Waals surface area contributed by atoms with Gasteiger partial charge in [0.2, 0.25) is 0 Å². The molecule has 0 amide bonds. The molecule has 1 N–H and O–H groups in total. The zero-order valence-electron chi connectivity index (χ0n) is 17.2. The molecule has 1 aromatic rings. The van der Waals surface area contributed by atoms with E-state index in [9.17, 15) is 20.2 Å². The lowest BCUT2D eigenvalue weighted by molar-refractivity contribution is -0.393. The lowest BCUT2D eigenvalue weighted by Gasteiger charge is -2.58. The molecule has 0 aliphatic heterocycles. The van der Waals surface area contributed by atoms with E-state index in [0.717, 1.165) is 12.5 Å². The van der Waals surface area contributed by atoms with Crippen molar-refractivity contribution in [1.29, 1.82) is 0 Å². The molecule has 30 heavy (non-hydrogen) atoms. The second-order valence-electron chi connectivity index (χ2n) is 9.74. The summed E-state index contributed by atoms with van der Waals surface area (Å²) in [5.41, 5.74) is 4.69. The highest BCUT2D eigenvalue weighted by Gasteiger charge is 2.70. The molecule has 0 aromatic heterocycles. The Morgan fingerprint density at radius 2 is 1.57 bits per heavy atom. The SMILES string of the molecule is O=[N+]([O-])c1ccc(N/N=C2\CC[C@@]23CCC[C@]32CCCC23CCCC3)c([N+](=O)[O-])c1. The molecule has 5 rings (SSSR count). The summed E-state index contributed by atoms with van der Waals surface area (Å²) in [6.45, 7) is 0. The molecular formula is C22H28N4O4. The first-order chi connectivity index (χ1) is 14.4. The van der Waals surface area contributed by atoms with Crippen LogP contribution in [0.25, 0.3) is 0 Å². The number of non-ortho nitro benzene ring substituents is 1. The first-order valence-electron chi connectivity index (χ1n) is 11.2. The van der Waals surface area contributed by atoms with Crippen molar-refractivity contribution in [3.05, 3.63) is 38.4 Å². The zero-order valence-corrected chi connectivity index (χ0v) is 17.2. The number of nitrogens with zero attached hydrogens (tertiary/aromatic N) is 3. The van der Waals surface area contributed by atoms with Crippen LogP contribution in [-0.2, 0) is 0 Å². The number of fused-ring (bicyclic) bond motifs is 2. The smallest absolute Gasteiger partial charge is 0.272 e. The maximum atomic E-state index is 11.4. The van der Waals surface area contributed by atoms with Crippen LogP contribution in [-0.4, -0.2) is 15.6 Å². The average Bonchev–Trinajstić information content (AvgIpc) is 3.43. The summed E-state index contributed by atoms with van der Waals surface area (Å²) in [5, 5.41) is 27.1. The van der Waals surface area contributed by atoms with E-state index < -0.39 is 9.85 Å². The van der Waals surface area contributed by atoms with E-state index in [2.05, 4.69) is 5.43 Å². The van der Waals surface area contributed by atoms with E-state index in [-0.39, 0.29) is 22.5 Å². The maximum Gasteiger partial charge on any atom is 0.301 e. The Morgan fingerprint density at radius 1 is 0.867 bits per heavy atom. The van der Waals surface area contributed by atoms with Crippen molar-refractivity contribution in [2.75, 3.05) is 5.43 Å². The monoisotopic (exact) mass is 412 g/mol. The molecule has 0 saturated heterocycles. The van der Waals surface area contributed by atoms with Crippen LogP contribution in [0.4, 0.5) is 17.1 Å². The largest absolute Gasteiger partial charge is 0.301 e. The number of nitro groups is 2. The molecule has 8 heteroatoms. The maximum absolute atomic E-state index is 11.4. The van der Waals surface area contributed by atoms with Gasteiger partial charge in [-0.2, -0.15) is 5.10 Å². The predicted molar refractivity (Wildman–Crippen MR) is 114 cm³/mol. The van der Waals surface area contributed by atoms with Gasteiger partial charge in [0.1, 0.15) is 5.69 Å². The third kappa shape index (κ3) is 2.48. The van der Waals surface area contributed by atoms with E-state index in [4.69, 9.17) is 5.10 Å². The lowest BCUT2D eigenvalue weighted by Crippen LogP contribution is -2.56. The van der Waals surface area contributed by atoms with Crippen LogP contribution in [0.3, 0.4) is 0 Å². The fraction of sp³-hybridized carbons (Fsp3) is 0.682. The van der Waals surface area contributed by atoms with Crippen LogP contribution in [0.5, 0.6) is 0 Å². The Kier molecular flexibility index (Phi) is 4.38. The van der Waals surface area contributed by atoms with Crippen LogP contribution in [0.1, 0.15) is 77.0 Å². The van der Waals surface area contributed by atoms with Crippen LogP contribution < -0.4 is 5.43 Å². The fourth-order valence-electron chi connectivity index (χ4n) is 7.81. The van der Waals surface area contributed by atoms with Crippen molar-refractivity contribution in [1.82, 2.24) is 0 Å². The first-order valence-corrected chi connectivity index (χ1v) is 11.2. The van der Waals surface area contributed by atoms with Crippen molar-refractivity contribution < 1.29 is 9.85 Å². The molecule has 0 heterocycles. The summed E-state index contributed by atoms with van der Waals surface area (Å²) in [6.07, 6.45) is 15.2. The number of hydrogen-bond donors (Lipinski definition) is 1. The van der Waals surface area contributed by atoms with Crippen molar-refractivity contribution in [3.8, 4) is 0 Å². The molecule has 1 aromatic carbocycles. The summed E-state index contributed by atoms with van der Waals surface area (Å²) in [7, 11) is 0. The highest BCUT2D eigenvalue weighted by atomic mass is 16.6. The van der Waals surface area contributed by atoms with Crippen molar-refractivity contribution in [2.24, 2.45) is 21.3 Å². The fourth-order valence-corrected chi connectivity index (χ4v) is 7.81. The standard InChI is InChI=1S/C22H28N4O4/c27-25(28)16-5-6-17(18(15-16)26(29)30)23-24-19-7-14-21(19)11-4-13-22(21)12-3-10-20(22)8-1-2-9-20/h5-6,15,23H,1-4,7-14H2/b24-19+/t21-,22-/m0/s1. The molecule has 0 bridgehead atoms. The van der Waals surface area contributed by atoms with Crippen LogP contribution >= 0.6 is 0 Å². The molecule has 4 saturated carbocycles. The molecule has 4 aliphatic rings. The average molecular weight is 412 g/mol. The van der Waals surface area contributed by atoms with Crippen LogP contribution in [0, 0.1) is 36.5 Å². The van der Waals surface area contributed by atoms with Gasteiger partial charge in [-0.15, -0.1) is 0 Å². The highest BCUT2D eigenvalue weighted by molar-refractivity contribution is 5.97. The minimum Gasteiger partial charge on any atom is -0.272 e. The summed E-state index contributed by atoms with van der Waals surface area (Å²) < 4.78 is 0. The van der Waals surface area contributed by atoms with Gasteiger partial charge in [-0.3, -0.25) is 25.7 Å². The summed E-state index contributed by atoms with van der Waals surface area (Å²) in [6, 6.07) is 3.68. The van der Waals surface area contributed by atoms with Gasteiger partial charge in [0.05, 0.1) is 15.9 Å². The van der Waals surface area contributed by atoms with Gasteiger partial charge in [-0.1, -0.05) is 25.7 Å². The van der Waals surface area contributed by atoms with Gasteiger partial charge in [0.25, 0.3) is 5.69 Å². The number of nitro benzene ring substituents is 2. The van der Waals surface area contributed by atoms with E-state index in [1.165, 1.54) is 88.5 Å². The molecule has 160 valence electrons. The molecule has 8 nitrogen and oxygen atoms in total. The summed E-state index contributed by atoms with van der Waals surface area (Å²) >= 11 is 0. The zero-order chi connectivity index (χ0) is 21.0. The first kappa shape index (κ1) is 19.5. The molecule has 3 spiro atoms. The van der Waals surface area contributed by atoms with E-state index in [1.54, 1.807) is 0 Å². The van der Waals surface area contributed by atoms with Gasteiger partial charge >= 0.3 is 5.69 Å². The molecule has 0 radical (unpaired) electrons. The molecule has 2 atom stereocenters. The lowest BCUT2D eigenvalue weighted by atomic mass is 9.45. The normalized spacial score (nSPS) is 32.9. The van der Waals surface area contributed by atoms with Gasteiger partial charge in [0.15, 0.2) is 0 Å². The third-order valence-corrected chi connectivity index (χ3v) is 9.00. The van der Waals surface area contributed by atoms with E-state index in [1.807, 2.05) is 0 Å². The van der Waals surface area contributed by atoms with Gasteiger partial charge in [-0.25, -0.2) is 0 Å². The summed E-state index contributed by atoms with van der Waals surface area (Å²) in [5.74, 6) is 0. The Bertz CT molecular complexity index is 930.